The molecular weight excluding hydrogens is 299 g/mol. The second-order valence-electron chi connectivity index (χ2n) is 4.14. The summed E-state index contributed by atoms with van der Waals surface area (Å²) >= 11 is 10.9. The smallest absolute Gasteiger partial charge is 0.171 e. The molecule has 7 heteroatoms. The highest BCUT2D eigenvalue weighted by atomic mass is 35.5. The maximum absolute atomic E-state index is 13.0. The van der Waals surface area contributed by atoms with E-state index in [0.717, 1.165) is 12.1 Å². The van der Waals surface area contributed by atoms with Crippen LogP contribution in [0.3, 0.4) is 0 Å². The van der Waals surface area contributed by atoms with Crippen molar-refractivity contribution < 1.29 is 4.39 Å². The average molecular weight is 313 g/mol. The molecule has 0 unspecified atom stereocenters. The van der Waals surface area contributed by atoms with Crippen molar-refractivity contribution in [1.29, 1.82) is 0 Å². The van der Waals surface area contributed by atoms with E-state index in [-0.39, 0.29) is 5.02 Å². The topological polar surface area (TPSA) is 41.9 Å². The third-order valence-electron chi connectivity index (χ3n) is 2.64. The van der Waals surface area contributed by atoms with Crippen LogP contribution in [0.5, 0.6) is 0 Å². The van der Waals surface area contributed by atoms with Crippen LogP contribution in [0.1, 0.15) is 12.5 Å². The quantitative estimate of drug-likeness (QED) is 0.851. The van der Waals surface area contributed by atoms with Crippen LogP contribution in [0.15, 0.2) is 30.6 Å². The lowest BCUT2D eigenvalue weighted by molar-refractivity contribution is 0.628. The number of nitrogens with one attached hydrogen (secondary N) is 2. The zero-order chi connectivity index (χ0) is 14.5. The van der Waals surface area contributed by atoms with Gasteiger partial charge in [-0.1, -0.05) is 11.6 Å². The number of halogens is 2. The fourth-order valence-electron chi connectivity index (χ4n) is 1.60. The number of hydrogen-bond donors (Lipinski definition) is 2. The molecule has 0 radical (unpaired) electrons. The maximum Gasteiger partial charge on any atom is 0.171 e. The molecule has 2 aromatic rings. The van der Waals surface area contributed by atoms with Crippen molar-refractivity contribution in [3.63, 3.8) is 0 Å². The molecule has 20 heavy (non-hydrogen) atoms. The molecule has 2 rings (SSSR count). The molecule has 4 nitrogen and oxygen atoms in total. The Morgan fingerprint density at radius 2 is 2.30 bits per heavy atom. The number of thiocarbonyl (C=S) groups is 1. The van der Waals surface area contributed by atoms with Crippen LogP contribution >= 0.6 is 23.8 Å². The minimum Gasteiger partial charge on any atom is -0.358 e. The van der Waals surface area contributed by atoms with Crippen LogP contribution < -0.4 is 10.6 Å². The number of nitrogens with zero attached hydrogens (tertiary/aromatic N) is 2. The summed E-state index contributed by atoms with van der Waals surface area (Å²) in [7, 11) is 0. The molecule has 0 amide bonds. The lowest BCUT2D eigenvalue weighted by Crippen LogP contribution is -2.27. The van der Waals surface area contributed by atoms with Gasteiger partial charge in [0.25, 0.3) is 0 Å². The van der Waals surface area contributed by atoms with Gasteiger partial charge < -0.3 is 10.6 Å². The highest BCUT2D eigenvalue weighted by Crippen LogP contribution is 2.19. The summed E-state index contributed by atoms with van der Waals surface area (Å²) in [6.45, 7) is 3.42. The van der Waals surface area contributed by atoms with Gasteiger partial charge in [-0.3, -0.25) is 4.68 Å². The van der Waals surface area contributed by atoms with E-state index in [1.54, 1.807) is 12.3 Å². The molecule has 0 bridgehead atoms. The second-order valence-corrected chi connectivity index (χ2v) is 4.96. The van der Waals surface area contributed by atoms with Gasteiger partial charge in [-0.05, 0) is 37.3 Å². The Hall–Kier alpha value is -1.66. The van der Waals surface area contributed by atoms with Crippen LogP contribution in [-0.4, -0.2) is 14.9 Å². The Balaban J connectivity index is 1.87. The molecule has 0 spiro atoms. The molecule has 0 aliphatic rings. The van der Waals surface area contributed by atoms with Crippen molar-refractivity contribution in [1.82, 2.24) is 15.1 Å². The van der Waals surface area contributed by atoms with Gasteiger partial charge in [-0.15, -0.1) is 0 Å². The van der Waals surface area contributed by atoms with E-state index in [9.17, 15) is 4.39 Å². The van der Waals surface area contributed by atoms with Gasteiger partial charge in [0.05, 0.1) is 11.2 Å². The molecule has 106 valence electrons. The first kappa shape index (κ1) is 14.7. The second kappa shape index (κ2) is 6.67. The minimum absolute atomic E-state index is 0.0574. The van der Waals surface area contributed by atoms with Gasteiger partial charge in [0.1, 0.15) is 5.82 Å². The summed E-state index contributed by atoms with van der Waals surface area (Å²) in [6, 6.07) is 4.35. The summed E-state index contributed by atoms with van der Waals surface area (Å²) < 4.78 is 14.9. The predicted molar refractivity (Wildman–Crippen MR) is 82.4 cm³/mol. The van der Waals surface area contributed by atoms with E-state index in [0.29, 0.717) is 17.3 Å². The van der Waals surface area contributed by atoms with Crippen molar-refractivity contribution in [3.05, 3.63) is 47.0 Å². The number of anilines is 1. The van der Waals surface area contributed by atoms with Gasteiger partial charge in [0.2, 0.25) is 0 Å². The van der Waals surface area contributed by atoms with Gasteiger partial charge in [0.15, 0.2) is 5.11 Å². The minimum atomic E-state index is -0.455. The van der Waals surface area contributed by atoms with Crippen molar-refractivity contribution in [2.75, 3.05) is 5.32 Å². The summed E-state index contributed by atoms with van der Waals surface area (Å²) in [5.74, 6) is -0.455. The average Bonchev–Trinajstić information content (AvgIpc) is 2.89. The summed E-state index contributed by atoms with van der Waals surface area (Å²) in [5, 5.41) is 10.7. The third-order valence-corrected chi connectivity index (χ3v) is 3.18. The van der Waals surface area contributed by atoms with E-state index in [1.807, 2.05) is 17.8 Å². The Bertz CT molecular complexity index is 614. The summed E-state index contributed by atoms with van der Waals surface area (Å²) in [5.41, 5.74) is 1.67. The first-order valence-electron chi connectivity index (χ1n) is 6.09. The monoisotopic (exact) mass is 312 g/mol. The van der Waals surface area contributed by atoms with Gasteiger partial charge in [0, 0.05) is 30.5 Å². The summed E-state index contributed by atoms with van der Waals surface area (Å²) in [4.78, 5) is 0. The fraction of sp³-hybridized carbons (Fsp3) is 0.231. The molecule has 0 aliphatic heterocycles. The van der Waals surface area contributed by atoms with Gasteiger partial charge >= 0.3 is 0 Å². The van der Waals surface area contributed by atoms with E-state index in [2.05, 4.69) is 15.7 Å². The van der Waals surface area contributed by atoms with Gasteiger partial charge in [-0.2, -0.15) is 5.10 Å². The molecule has 1 aromatic heterocycles. The normalized spacial score (nSPS) is 10.3. The standard InChI is InChI=1S/C13H14ClFN4S/c1-2-19-8-9(7-17-19)6-16-13(20)18-10-3-4-12(15)11(14)5-10/h3-5,7-8H,2,6H2,1H3,(H2,16,18,20). The molecule has 1 heterocycles. The van der Waals surface area contributed by atoms with Gasteiger partial charge in [-0.25, -0.2) is 4.39 Å². The Kier molecular flexibility index (Phi) is 4.92. The zero-order valence-corrected chi connectivity index (χ0v) is 12.4. The van der Waals surface area contributed by atoms with Crippen molar-refractivity contribution in [2.45, 2.75) is 20.0 Å². The Morgan fingerprint density at radius 3 is 2.95 bits per heavy atom. The van der Waals surface area contributed by atoms with E-state index >= 15 is 0 Å². The molecule has 0 fully saturated rings. The largest absolute Gasteiger partial charge is 0.358 e. The predicted octanol–water partition coefficient (Wildman–Crippen LogP) is 3.18. The first-order valence-corrected chi connectivity index (χ1v) is 6.88. The van der Waals surface area contributed by atoms with Crippen LogP contribution in [0, 0.1) is 5.82 Å². The lowest BCUT2D eigenvalue weighted by Gasteiger charge is -2.10. The molecule has 0 aliphatic carbocycles. The number of rotatable bonds is 4. The molecule has 0 saturated heterocycles. The van der Waals surface area contributed by atoms with Crippen molar-refractivity contribution >= 4 is 34.6 Å². The van der Waals surface area contributed by atoms with Crippen LogP contribution in [-0.2, 0) is 13.1 Å². The number of hydrogen-bond acceptors (Lipinski definition) is 2. The van der Waals surface area contributed by atoms with E-state index < -0.39 is 5.82 Å². The highest BCUT2D eigenvalue weighted by molar-refractivity contribution is 7.80. The Labute approximate surface area is 126 Å². The fourth-order valence-corrected chi connectivity index (χ4v) is 1.97. The molecule has 0 atom stereocenters. The van der Waals surface area contributed by atoms with Crippen molar-refractivity contribution in [3.8, 4) is 0 Å². The molecular formula is C13H14ClFN4S. The summed E-state index contributed by atoms with van der Waals surface area (Å²) in [6.07, 6.45) is 3.73. The number of aryl methyl sites for hydroxylation is 1. The lowest BCUT2D eigenvalue weighted by atomic mass is 10.3. The van der Waals surface area contributed by atoms with Crippen LogP contribution in [0.4, 0.5) is 10.1 Å². The molecule has 0 saturated carbocycles. The van der Waals surface area contributed by atoms with E-state index in [4.69, 9.17) is 23.8 Å². The van der Waals surface area contributed by atoms with Crippen molar-refractivity contribution in [2.24, 2.45) is 0 Å². The zero-order valence-electron chi connectivity index (χ0n) is 10.9. The SMILES string of the molecule is CCn1cc(CNC(=S)Nc2ccc(F)c(Cl)c2)cn1. The van der Waals surface area contributed by atoms with E-state index in [1.165, 1.54) is 12.1 Å². The first-order chi connectivity index (χ1) is 9.58. The third kappa shape index (κ3) is 3.91. The Morgan fingerprint density at radius 1 is 1.50 bits per heavy atom. The van der Waals surface area contributed by atoms with Crippen LogP contribution in [0.25, 0.3) is 0 Å². The maximum atomic E-state index is 13.0. The highest BCUT2D eigenvalue weighted by Gasteiger charge is 2.03. The molecule has 2 N–H and O–H groups in total. The van der Waals surface area contributed by atoms with Crippen LogP contribution in [0.2, 0.25) is 5.02 Å². The number of aromatic nitrogens is 2. The molecule has 1 aromatic carbocycles. The number of benzene rings is 1.